The molecule has 3 saturated heterocycles. The molecule has 2 radical (unpaired) electrons. The Hall–Kier alpha value is -4.19. The smallest absolute Gasteiger partial charge is 0.331 e. The molecule has 2 aromatic carbocycles. The number of nitrogens with zero attached hydrogens (tertiary/aromatic N) is 5. The molecule has 9 heteroatoms. The summed E-state index contributed by atoms with van der Waals surface area (Å²) in [5, 5.41) is 9.96. The second-order valence-electron chi connectivity index (χ2n) is 8.49. The van der Waals surface area contributed by atoms with Crippen LogP contribution in [0.3, 0.4) is 0 Å². The Morgan fingerprint density at radius 2 is 2.00 bits per heavy atom. The fraction of sp³-hybridized carbons (Fsp3) is 0.208. The zero-order valence-corrected chi connectivity index (χ0v) is 17.4. The van der Waals surface area contributed by atoms with Gasteiger partial charge in [-0.1, -0.05) is 23.7 Å². The molecule has 0 saturated carbocycles. The third kappa shape index (κ3) is 2.64. The van der Waals surface area contributed by atoms with E-state index in [1.165, 1.54) is 4.90 Å². The third-order valence-electron chi connectivity index (χ3n) is 6.77. The lowest BCUT2D eigenvalue weighted by atomic mass is 9.94. The van der Waals surface area contributed by atoms with Crippen LogP contribution in [0.5, 0.6) is 0 Å². The largest absolute Gasteiger partial charge is 0.332 e. The van der Waals surface area contributed by atoms with E-state index in [1.807, 2.05) is 0 Å². The van der Waals surface area contributed by atoms with E-state index in [2.05, 4.69) is 11.1 Å². The molecule has 3 aliphatic rings. The lowest BCUT2D eigenvalue weighted by Crippen LogP contribution is -2.54. The van der Waals surface area contributed by atoms with Crippen LogP contribution in [0, 0.1) is 11.3 Å². The summed E-state index contributed by atoms with van der Waals surface area (Å²) in [4.78, 5) is 48.9. The van der Waals surface area contributed by atoms with Gasteiger partial charge in [-0.15, -0.1) is 0 Å². The number of amides is 4. The third-order valence-corrected chi connectivity index (χ3v) is 6.77. The molecule has 3 aromatic rings. The predicted molar refractivity (Wildman–Crippen MR) is 120 cm³/mol. The van der Waals surface area contributed by atoms with Crippen molar-refractivity contribution in [2.75, 3.05) is 11.4 Å². The molecule has 33 heavy (non-hydrogen) atoms. The summed E-state index contributed by atoms with van der Waals surface area (Å²) in [7, 11) is 5.84. The fourth-order valence-electron chi connectivity index (χ4n) is 5.39. The molecular weight excluding hydrogens is 417 g/mol. The molecule has 4 heterocycles. The number of benzene rings is 2. The average molecular weight is 433 g/mol. The first-order chi connectivity index (χ1) is 16.0. The molecule has 0 aliphatic carbocycles. The summed E-state index contributed by atoms with van der Waals surface area (Å²) in [5.41, 5.74) is 2.16. The van der Waals surface area contributed by atoms with Gasteiger partial charge in [0, 0.05) is 23.7 Å². The normalized spacial score (nSPS) is 23.4. The minimum atomic E-state index is -0.733. The maximum Gasteiger partial charge on any atom is 0.332 e. The number of rotatable bonds is 2. The van der Waals surface area contributed by atoms with E-state index in [1.54, 1.807) is 64.5 Å². The van der Waals surface area contributed by atoms with Crippen LogP contribution in [0.15, 0.2) is 54.7 Å². The van der Waals surface area contributed by atoms with Crippen molar-refractivity contribution in [3.8, 4) is 6.07 Å². The molecule has 3 fully saturated rings. The van der Waals surface area contributed by atoms with E-state index in [-0.39, 0.29) is 17.9 Å². The molecule has 3 aliphatic heterocycles. The summed E-state index contributed by atoms with van der Waals surface area (Å²) in [6.07, 6.45) is 2.14. The number of hydrogen-bond acceptors (Lipinski definition) is 5. The molecule has 2 unspecified atom stereocenters. The number of pyridine rings is 1. The van der Waals surface area contributed by atoms with Gasteiger partial charge in [-0.05, 0) is 36.8 Å². The monoisotopic (exact) mass is 433 g/mol. The molecule has 2 bridgehead atoms. The number of carbonyl (C=O) groups is 3. The Morgan fingerprint density at radius 1 is 1.15 bits per heavy atom. The Kier molecular flexibility index (Phi) is 4.08. The van der Waals surface area contributed by atoms with Gasteiger partial charge in [0.1, 0.15) is 20.0 Å². The van der Waals surface area contributed by atoms with Gasteiger partial charge in [0.25, 0.3) is 11.8 Å². The lowest BCUT2D eigenvalue weighted by molar-refractivity contribution is -0.121. The van der Waals surface area contributed by atoms with Gasteiger partial charge >= 0.3 is 6.03 Å². The maximum absolute atomic E-state index is 13.6. The van der Waals surface area contributed by atoms with E-state index >= 15 is 0 Å². The Balaban J connectivity index is 1.37. The van der Waals surface area contributed by atoms with Gasteiger partial charge in [-0.25, -0.2) is 9.69 Å². The van der Waals surface area contributed by atoms with Gasteiger partial charge in [0.15, 0.2) is 0 Å². The first-order valence-corrected chi connectivity index (χ1v) is 10.6. The summed E-state index contributed by atoms with van der Waals surface area (Å²) in [5.74, 6) is -0.561. The van der Waals surface area contributed by atoms with E-state index < -0.39 is 18.1 Å². The van der Waals surface area contributed by atoms with Crippen LogP contribution in [0.1, 0.15) is 22.3 Å². The number of imide groups is 1. The van der Waals surface area contributed by atoms with Crippen LogP contribution in [0.25, 0.3) is 10.9 Å². The summed E-state index contributed by atoms with van der Waals surface area (Å²) in [6.45, 7) is 0.372. The number of aromatic nitrogens is 1. The molecule has 0 N–H and O–H groups in total. The van der Waals surface area contributed by atoms with Gasteiger partial charge in [-0.2, -0.15) is 5.26 Å². The molecule has 3 atom stereocenters. The molecular formula is C24H16BN5O3. The highest BCUT2D eigenvalue weighted by atomic mass is 16.2. The van der Waals surface area contributed by atoms with Crippen molar-refractivity contribution in [2.24, 2.45) is 0 Å². The van der Waals surface area contributed by atoms with Crippen LogP contribution in [0.4, 0.5) is 10.5 Å². The Bertz CT molecular complexity index is 1420. The van der Waals surface area contributed by atoms with Crippen LogP contribution >= 0.6 is 0 Å². The fourth-order valence-corrected chi connectivity index (χ4v) is 5.39. The molecule has 8 nitrogen and oxygen atoms in total. The first kappa shape index (κ1) is 19.5. The average Bonchev–Trinajstić information content (AvgIpc) is 3.49. The van der Waals surface area contributed by atoms with Gasteiger partial charge in [-0.3, -0.25) is 14.6 Å². The Labute approximate surface area is 190 Å². The quantitative estimate of drug-likeness (QED) is 0.449. The second kappa shape index (κ2) is 6.91. The molecule has 4 amide bonds. The number of likely N-dealkylation sites (tertiary alicyclic amines) is 1. The number of nitriles is 1. The number of anilines is 1. The van der Waals surface area contributed by atoms with Crippen molar-refractivity contribution in [3.05, 3.63) is 65.9 Å². The topological polar surface area (TPSA) is 97.6 Å². The van der Waals surface area contributed by atoms with Gasteiger partial charge in [0.05, 0.1) is 28.9 Å². The zero-order valence-electron chi connectivity index (χ0n) is 17.4. The Morgan fingerprint density at radius 3 is 2.79 bits per heavy atom. The first-order valence-electron chi connectivity index (χ1n) is 10.6. The lowest BCUT2D eigenvalue weighted by Gasteiger charge is -2.35. The predicted octanol–water partition coefficient (Wildman–Crippen LogP) is 1.33. The van der Waals surface area contributed by atoms with Crippen LogP contribution in [-0.4, -0.2) is 65.1 Å². The SMILES string of the molecule is [B]c1cccc(C(=O)N2CC3CC2[C@H]2C(=O)N(c4ccc(C#N)c5ncccc45)C(=O)N32)c1. The molecule has 1 aromatic heterocycles. The van der Waals surface area contributed by atoms with Crippen molar-refractivity contribution in [1.82, 2.24) is 14.8 Å². The van der Waals surface area contributed by atoms with Crippen LogP contribution in [0.2, 0.25) is 0 Å². The second-order valence-corrected chi connectivity index (χ2v) is 8.49. The van der Waals surface area contributed by atoms with Gasteiger partial charge < -0.3 is 9.80 Å². The van der Waals surface area contributed by atoms with E-state index in [4.69, 9.17) is 7.85 Å². The van der Waals surface area contributed by atoms with Crippen molar-refractivity contribution in [2.45, 2.75) is 24.5 Å². The minimum absolute atomic E-state index is 0.193. The van der Waals surface area contributed by atoms with Crippen molar-refractivity contribution in [1.29, 1.82) is 5.26 Å². The van der Waals surface area contributed by atoms with Crippen molar-refractivity contribution in [3.63, 3.8) is 0 Å². The number of urea groups is 1. The number of hydrogen-bond donors (Lipinski definition) is 0. The number of fused-ring (bicyclic) bond motifs is 6. The molecule has 0 spiro atoms. The molecule has 6 rings (SSSR count). The van der Waals surface area contributed by atoms with Crippen molar-refractivity contribution >= 4 is 47.7 Å². The molecule has 158 valence electrons. The number of piperazine rings is 1. The van der Waals surface area contributed by atoms with E-state index in [0.29, 0.717) is 46.1 Å². The minimum Gasteiger partial charge on any atom is -0.331 e. The highest BCUT2D eigenvalue weighted by Gasteiger charge is 2.63. The highest BCUT2D eigenvalue weighted by Crippen LogP contribution is 2.44. The van der Waals surface area contributed by atoms with Gasteiger partial charge in [0.2, 0.25) is 0 Å². The summed E-state index contributed by atoms with van der Waals surface area (Å²) in [6, 6.07) is 13.7. The number of carbonyl (C=O) groups excluding carboxylic acids is 3. The van der Waals surface area contributed by atoms with Crippen LogP contribution in [-0.2, 0) is 4.79 Å². The zero-order chi connectivity index (χ0) is 22.9. The van der Waals surface area contributed by atoms with Crippen LogP contribution < -0.4 is 10.4 Å². The standard InChI is InChI=1S/C24H16BN5O3/c25-15-4-1-3-13(9-15)22(31)28-12-16-10-19(28)21-23(32)30(24(33)29(16)21)18-7-6-14(11-26)20-17(18)5-2-8-27-20/h1-9,16,19,21H,10,12H2/t16?,19?,21-/m0/s1. The summed E-state index contributed by atoms with van der Waals surface area (Å²) >= 11 is 0. The highest BCUT2D eigenvalue weighted by molar-refractivity contribution is 6.32. The van der Waals surface area contributed by atoms with E-state index in [9.17, 15) is 19.6 Å². The van der Waals surface area contributed by atoms with Crippen molar-refractivity contribution < 1.29 is 14.4 Å². The maximum atomic E-state index is 13.6. The van der Waals surface area contributed by atoms with E-state index in [0.717, 1.165) is 0 Å². The summed E-state index contributed by atoms with van der Waals surface area (Å²) < 4.78 is 0.